The summed E-state index contributed by atoms with van der Waals surface area (Å²) < 4.78 is 10.6. The fourth-order valence-corrected chi connectivity index (χ4v) is 2.68. The highest BCUT2D eigenvalue weighted by atomic mass is 16.5. The molecule has 1 aromatic heterocycles. The molecule has 0 amide bonds. The Morgan fingerprint density at radius 1 is 0.818 bits per heavy atom. The first-order valence-corrected chi connectivity index (χ1v) is 7.22. The van der Waals surface area contributed by atoms with Crippen LogP contribution in [0.1, 0.15) is 11.1 Å². The third-order valence-electron chi connectivity index (χ3n) is 3.77. The summed E-state index contributed by atoms with van der Waals surface area (Å²) in [5, 5.41) is 1.08. The number of pyridine rings is 1. The van der Waals surface area contributed by atoms with Crippen LogP contribution in [0.25, 0.3) is 22.2 Å². The highest BCUT2D eigenvalue weighted by molar-refractivity contribution is 5.84. The molecule has 1 heterocycles. The molecule has 112 valence electrons. The van der Waals surface area contributed by atoms with Crippen molar-refractivity contribution >= 4 is 10.9 Å². The number of aromatic nitrogens is 1. The molecular weight excluding hydrogens is 274 g/mol. The molecule has 0 unspecified atom stereocenters. The largest absolute Gasteiger partial charge is 0.497 e. The van der Waals surface area contributed by atoms with Gasteiger partial charge in [0.15, 0.2) is 0 Å². The van der Waals surface area contributed by atoms with E-state index in [0.29, 0.717) is 0 Å². The third-order valence-corrected chi connectivity index (χ3v) is 3.77. The van der Waals surface area contributed by atoms with Gasteiger partial charge in [-0.25, -0.2) is 4.98 Å². The number of ether oxygens (including phenoxy) is 2. The Hall–Kier alpha value is -2.55. The summed E-state index contributed by atoms with van der Waals surface area (Å²) in [4.78, 5) is 4.83. The van der Waals surface area contributed by atoms with Crippen LogP contribution >= 0.6 is 0 Å². The Kier molecular flexibility index (Phi) is 3.72. The fraction of sp³-hybridized carbons (Fsp3) is 0.211. The number of fused-ring (bicyclic) bond motifs is 1. The highest BCUT2D eigenvalue weighted by Crippen LogP contribution is 2.30. The molecule has 3 rings (SSSR count). The minimum atomic E-state index is 0.846. The second kappa shape index (κ2) is 5.68. The lowest BCUT2D eigenvalue weighted by Crippen LogP contribution is -1.93. The monoisotopic (exact) mass is 293 g/mol. The maximum absolute atomic E-state index is 5.37. The van der Waals surface area contributed by atoms with Gasteiger partial charge in [0.05, 0.1) is 25.4 Å². The van der Waals surface area contributed by atoms with E-state index in [4.69, 9.17) is 14.5 Å². The Morgan fingerprint density at radius 3 is 2.32 bits per heavy atom. The van der Waals surface area contributed by atoms with Gasteiger partial charge in [0.2, 0.25) is 0 Å². The van der Waals surface area contributed by atoms with Crippen molar-refractivity contribution in [2.45, 2.75) is 13.8 Å². The lowest BCUT2D eigenvalue weighted by atomic mass is 10.0. The van der Waals surface area contributed by atoms with Crippen LogP contribution in [0, 0.1) is 13.8 Å². The molecule has 0 aliphatic carbocycles. The van der Waals surface area contributed by atoms with Crippen molar-refractivity contribution in [3.63, 3.8) is 0 Å². The van der Waals surface area contributed by atoms with Gasteiger partial charge in [0, 0.05) is 10.9 Å². The van der Waals surface area contributed by atoms with E-state index in [1.165, 1.54) is 0 Å². The molecule has 22 heavy (non-hydrogen) atoms. The Labute approximate surface area is 130 Å². The van der Waals surface area contributed by atoms with Gasteiger partial charge in [0.25, 0.3) is 0 Å². The van der Waals surface area contributed by atoms with Crippen LogP contribution in [0.2, 0.25) is 0 Å². The number of methoxy groups -OCH3 is 2. The molecule has 3 heteroatoms. The average Bonchev–Trinajstić information content (AvgIpc) is 2.52. The van der Waals surface area contributed by atoms with E-state index >= 15 is 0 Å². The number of benzene rings is 2. The molecule has 0 bridgehead atoms. The summed E-state index contributed by atoms with van der Waals surface area (Å²) in [6.07, 6.45) is 0. The van der Waals surface area contributed by atoms with E-state index in [2.05, 4.69) is 26.0 Å². The molecule has 3 aromatic rings. The summed E-state index contributed by atoms with van der Waals surface area (Å²) >= 11 is 0. The standard InChI is InChI=1S/C19H19NO2/c1-12-7-15(11-17(8-12)22-4)19-13(2)9-14-10-16(21-3)5-6-18(14)20-19/h5-11H,1-4H3. The molecule has 0 saturated heterocycles. The van der Waals surface area contributed by atoms with Crippen molar-refractivity contribution in [1.29, 1.82) is 0 Å². The molecule has 3 nitrogen and oxygen atoms in total. The van der Waals surface area contributed by atoms with E-state index in [1.807, 2.05) is 30.3 Å². The predicted octanol–water partition coefficient (Wildman–Crippen LogP) is 4.54. The Bertz CT molecular complexity index is 840. The SMILES string of the molecule is COc1cc(C)cc(-c2nc3ccc(OC)cc3cc2C)c1. The summed E-state index contributed by atoms with van der Waals surface area (Å²) in [5.74, 6) is 1.70. The van der Waals surface area contributed by atoms with Gasteiger partial charge in [-0.2, -0.15) is 0 Å². The van der Waals surface area contributed by atoms with E-state index in [1.54, 1.807) is 14.2 Å². The first-order chi connectivity index (χ1) is 10.6. The van der Waals surface area contributed by atoms with Crippen molar-refractivity contribution < 1.29 is 9.47 Å². The van der Waals surface area contributed by atoms with E-state index in [0.717, 1.165) is 44.8 Å². The zero-order chi connectivity index (χ0) is 15.7. The van der Waals surface area contributed by atoms with Gasteiger partial charge in [-0.15, -0.1) is 0 Å². The van der Waals surface area contributed by atoms with Gasteiger partial charge in [-0.3, -0.25) is 0 Å². The lowest BCUT2D eigenvalue weighted by Gasteiger charge is -2.11. The summed E-state index contributed by atoms with van der Waals surface area (Å²) in [6.45, 7) is 4.14. The van der Waals surface area contributed by atoms with E-state index in [-0.39, 0.29) is 0 Å². The molecule has 0 saturated carbocycles. The number of rotatable bonds is 3. The molecule has 0 aliphatic rings. The van der Waals surface area contributed by atoms with Crippen molar-refractivity contribution in [2.24, 2.45) is 0 Å². The van der Waals surface area contributed by atoms with Gasteiger partial charge in [-0.1, -0.05) is 0 Å². The van der Waals surface area contributed by atoms with Gasteiger partial charge in [-0.05, 0) is 67.4 Å². The van der Waals surface area contributed by atoms with Crippen molar-refractivity contribution in [2.75, 3.05) is 14.2 Å². The van der Waals surface area contributed by atoms with Crippen molar-refractivity contribution in [3.05, 3.63) is 53.6 Å². The van der Waals surface area contributed by atoms with Crippen LogP contribution in [-0.4, -0.2) is 19.2 Å². The average molecular weight is 293 g/mol. The van der Waals surface area contributed by atoms with Gasteiger partial charge < -0.3 is 9.47 Å². The zero-order valence-corrected chi connectivity index (χ0v) is 13.3. The number of hydrogen-bond donors (Lipinski definition) is 0. The molecule has 0 aliphatic heterocycles. The van der Waals surface area contributed by atoms with Crippen LogP contribution in [-0.2, 0) is 0 Å². The normalized spacial score (nSPS) is 10.7. The zero-order valence-electron chi connectivity index (χ0n) is 13.3. The molecule has 2 aromatic carbocycles. The van der Waals surface area contributed by atoms with Crippen LogP contribution in [0.5, 0.6) is 11.5 Å². The van der Waals surface area contributed by atoms with Crippen molar-refractivity contribution in [1.82, 2.24) is 4.98 Å². The second-order valence-corrected chi connectivity index (χ2v) is 5.45. The molecule has 0 atom stereocenters. The molecule has 0 spiro atoms. The summed E-state index contributed by atoms with van der Waals surface area (Å²) in [5.41, 5.74) is 5.31. The molecule has 0 N–H and O–H groups in total. The molecular formula is C19H19NO2. The number of aryl methyl sites for hydroxylation is 2. The summed E-state index contributed by atoms with van der Waals surface area (Å²) in [7, 11) is 3.36. The number of hydrogen-bond acceptors (Lipinski definition) is 3. The Balaban J connectivity index is 2.18. The quantitative estimate of drug-likeness (QED) is 0.710. The van der Waals surface area contributed by atoms with E-state index in [9.17, 15) is 0 Å². The smallest absolute Gasteiger partial charge is 0.119 e. The lowest BCUT2D eigenvalue weighted by molar-refractivity contribution is 0.414. The van der Waals surface area contributed by atoms with Crippen LogP contribution in [0.3, 0.4) is 0 Å². The Morgan fingerprint density at radius 2 is 1.59 bits per heavy atom. The highest BCUT2D eigenvalue weighted by Gasteiger charge is 2.09. The molecule has 0 fully saturated rings. The van der Waals surface area contributed by atoms with Crippen LogP contribution in [0.15, 0.2) is 42.5 Å². The first-order valence-electron chi connectivity index (χ1n) is 7.22. The maximum atomic E-state index is 5.37. The van der Waals surface area contributed by atoms with Gasteiger partial charge >= 0.3 is 0 Å². The fourth-order valence-electron chi connectivity index (χ4n) is 2.68. The minimum Gasteiger partial charge on any atom is -0.497 e. The topological polar surface area (TPSA) is 31.4 Å². The first kappa shape index (κ1) is 14.4. The summed E-state index contributed by atoms with van der Waals surface area (Å²) in [6, 6.07) is 14.3. The second-order valence-electron chi connectivity index (χ2n) is 5.45. The van der Waals surface area contributed by atoms with Crippen LogP contribution in [0.4, 0.5) is 0 Å². The third kappa shape index (κ3) is 2.62. The van der Waals surface area contributed by atoms with Crippen LogP contribution < -0.4 is 9.47 Å². The minimum absolute atomic E-state index is 0.846. The number of nitrogens with zero attached hydrogens (tertiary/aromatic N) is 1. The maximum Gasteiger partial charge on any atom is 0.119 e. The van der Waals surface area contributed by atoms with E-state index < -0.39 is 0 Å². The van der Waals surface area contributed by atoms with Gasteiger partial charge in [0.1, 0.15) is 11.5 Å². The molecule has 0 radical (unpaired) electrons. The predicted molar refractivity (Wildman–Crippen MR) is 89.8 cm³/mol. The van der Waals surface area contributed by atoms with Crippen molar-refractivity contribution in [3.8, 4) is 22.8 Å².